The second kappa shape index (κ2) is 7.35. The third-order valence-corrected chi connectivity index (χ3v) is 4.52. The van der Waals surface area contributed by atoms with Crippen LogP contribution in [0.15, 0.2) is 22.7 Å². The number of rotatable bonds is 4. The number of hydrogen-bond donors (Lipinski definition) is 2. The monoisotopic (exact) mass is 356 g/mol. The molecule has 6 heteroatoms. The Hall–Kier alpha value is -0.950. The lowest BCUT2D eigenvalue weighted by atomic mass is 10.2. The first kappa shape index (κ1) is 16.4. The molecule has 2 N–H and O–H groups in total. The molecule has 0 radical (unpaired) electrons. The molecule has 2 rings (SSSR count). The summed E-state index contributed by atoms with van der Waals surface area (Å²) in [5.74, 6) is -0.0536. The van der Waals surface area contributed by atoms with Gasteiger partial charge in [-0.15, -0.1) is 0 Å². The van der Waals surface area contributed by atoms with Gasteiger partial charge in [0.2, 0.25) is 5.91 Å². The van der Waals surface area contributed by atoms with E-state index in [2.05, 4.69) is 21.2 Å². The number of anilines is 1. The zero-order chi connectivity index (χ0) is 15.4. The summed E-state index contributed by atoms with van der Waals surface area (Å²) in [5, 5.41) is 12.1. The highest BCUT2D eigenvalue weighted by Crippen LogP contribution is 2.20. The van der Waals surface area contributed by atoms with E-state index < -0.39 is 0 Å². The highest BCUT2D eigenvalue weighted by molar-refractivity contribution is 9.10. The Labute approximate surface area is 133 Å². The molecular formula is C15H21BrN2O3. The second-order valence-electron chi connectivity index (χ2n) is 5.43. The average molecular weight is 357 g/mol. The number of ether oxygens (including phenoxy) is 1. The molecule has 0 aromatic heterocycles. The highest BCUT2D eigenvalue weighted by Gasteiger charge is 2.27. The van der Waals surface area contributed by atoms with E-state index in [4.69, 9.17) is 9.84 Å². The summed E-state index contributed by atoms with van der Waals surface area (Å²) >= 11 is 3.44. The van der Waals surface area contributed by atoms with Gasteiger partial charge in [-0.05, 0) is 37.6 Å². The van der Waals surface area contributed by atoms with Gasteiger partial charge in [0.1, 0.15) is 0 Å². The summed E-state index contributed by atoms with van der Waals surface area (Å²) in [6, 6.07) is 5.89. The van der Waals surface area contributed by atoms with Gasteiger partial charge < -0.3 is 15.2 Å². The zero-order valence-corrected chi connectivity index (χ0v) is 13.9. The van der Waals surface area contributed by atoms with Gasteiger partial charge in [0.05, 0.1) is 25.9 Å². The summed E-state index contributed by atoms with van der Waals surface area (Å²) in [4.78, 5) is 14.2. The Morgan fingerprint density at radius 2 is 2.33 bits per heavy atom. The third-order valence-electron chi connectivity index (χ3n) is 3.63. The van der Waals surface area contributed by atoms with E-state index in [1.54, 1.807) is 0 Å². The van der Waals surface area contributed by atoms with Crippen molar-refractivity contribution in [1.82, 2.24) is 4.90 Å². The quantitative estimate of drug-likeness (QED) is 0.863. The van der Waals surface area contributed by atoms with Crippen molar-refractivity contribution in [2.24, 2.45) is 0 Å². The van der Waals surface area contributed by atoms with Crippen LogP contribution in [0.25, 0.3) is 0 Å². The summed E-state index contributed by atoms with van der Waals surface area (Å²) in [6.45, 7) is 5.40. The number of aryl methyl sites for hydroxylation is 1. The van der Waals surface area contributed by atoms with Crippen molar-refractivity contribution in [2.75, 3.05) is 31.6 Å². The fraction of sp³-hybridized carbons (Fsp3) is 0.533. The van der Waals surface area contributed by atoms with E-state index in [-0.39, 0.29) is 24.7 Å². The molecule has 1 fully saturated rings. The summed E-state index contributed by atoms with van der Waals surface area (Å²) < 4.78 is 6.49. The lowest BCUT2D eigenvalue weighted by molar-refractivity contribution is -0.122. The summed E-state index contributed by atoms with van der Waals surface area (Å²) in [7, 11) is 0. The molecule has 0 spiro atoms. The highest BCUT2D eigenvalue weighted by atomic mass is 79.9. The molecule has 1 heterocycles. The number of halogens is 1. The maximum Gasteiger partial charge on any atom is 0.238 e. The summed E-state index contributed by atoms with van der Waals surface area (Å²) in [5.41, 5.74) is 1.87. The number of benzene rings is 1. The Morgan fingerprint density at radius 1 is 1.57 bits per heavy atom. The molecule has 0 aliphatic carbocycles. The lowest BCUT2D eigenvalue weighted by Gasteiger charge is -2.36. The van der Waals surface area contributed by atoms with Crippen molar-refractivity contribution in [1.29, 1.82) is 0 Å². The molecule has 1 aliphatic rings. The molecule has 5 nitrogen and oxygen atoms in total. The number of aliphatic hydroxyl groups excluding tert-OH is 1. The van der Waals surface area contributed by atoms with Crippen molar-refractivity contribution in [3.05, 3.63) is 28.2 Å². The van der Waals surface area contributed by atoms with E-state index in [0.717, 1.165) is 15.7 Å². The zero-order valence-electron chi connectivity index (χ0n) is 12.3. The first-order valence-electron chi connectivity index (χ1n) is 7.02. The maximum absolute atomic E-state index is 12.1. The molecule has 116 valence electrons. The van der Waals surface area contributed by atoms with Crippen LogP contribution in [-0.2, 0) is 9.53 Å². The lowest BCUT2D eigenvalue weighted by Crippen LogP contribution is -2.51. The molecule has 2 unspecified atom stereocenters. The smallest absolute Gasteiger partial charge is 0.238 e. The molecule has 2 atom stereocenters. The van der Waals surface area contributed by atoms with E-state index in [1.165, 1.54) is 0 Å². The summed E-state index contributed by atoms with van der Waals surface area (Å²) in [6.07, 6.45) is -0.205. The van der Waals surface area contributed by atoms with Gasteiger partial charge in [-0.1, -0.05) is 15.9 Å². The molecule has 1 aliphatic heterocycles. The van der Waals surface area contributed by atoms with Crippen LogP contribution in [0.1, 0.15) is 12.5 Å². The van der Waals surface area contributed by atoms with E-state index >= 15 is 0 Å². The van der Waals surface area contributed by atoms with Crippen LogP contribution in [0.5, 0.6) is 0 Å². The van der Waals surface area contributed by atoms with Crippen molar-refractivity contribution in [3.63, 3.8) is 0 Å². The van der Waals surface area contributed by atoms with E-state index in [1.807, 2.05) is 36.9 Å². The van der Waals surface area contributed by atoms with Crippen LogP contribution in [0.4, 0.5) is 5.69 Å². The minimum absolute atomic E-state index is 0.0171. The van der Waals surface area contributed by atoms with Gasteiger partial charge in [-0.25, -0.2) is 0 Å². The number of aliphatic hydroxyl groups is 1. The Kier molecular flexibility index (Phi) is 5.75. The van der Waals surface area contributed by atoms with Crippen molar-refractivity contribution < 1.29 is 14.6 Å². The first-order valence-corrected chi connectivity index (χ1v) is 7.81. The van der Waals surface area contributed by atoms with Crippen molar-refractivity contribution in [3.8, 4) is 0 Å². The van der Waals surface area contributed by atoms with Crippen LogP contribution >= 0.6 is 15.9 Å². The molecule has 1 aromatic carbocycles. The number of nitrogens with one attached hydrogen (secondary N) is 1. The third kappa shape index (κ3) is 4.51. The van der Waals surface area contributed by atoms with Crippen LogP contribution < -0.4 is 5.32 Å². The predicted molar refractivity (Wildman–Crippen MR) is 85.4 cm³/mol. The molecule has 1 amide bonds. The Morgan fingerprint density at radius 3 is 3.00 bits per heavy atom. The average Bonchev–Trinajstić information content (AvgIpc) is 2.45. The number of morpholine rings is 1. The topological polar surface area (TPSA) is 61.8 Å². The fourth-order valence-corrected chi connectivity index (χ4v) is 2.56. The van der Waals surface area contributed by atoms with Crippen LogP contribution in [0, 0.1) is 6.92 Å². The van der Waals surface area contributed by atoms with Crippen molar-refractivity contribution >= 4 is 27.5 Å². The predicted octanol–water partition coefficient (Wildman–Crippen LogP) is 1.78. The first-order chi connectivity index (χ1) is 9.99. The number of hydrogen-bond acceptors (Lipinski definition) is 4. The molecule has 1 saturated heterocycles. The Balaban J connectivity index is 1.92. The fourth-order valence-electron chi connectivity index (χ4n) is 2.31. The second-order valence-corrected chi connectivity index (χ2v) is 6.28. The maximum atomic E-state index is 12.1. The van der Waals surface area contributed by atoms with Crippen LogP contribution in [-0.4, -0.2) is 54.4 Å². The number of carbonyl (C=O) groups excluding carboxylic acids is 1. The number of carbonyl (C=O) groups is 1. The number of amides is 1. The van der Waals surface area contributed by atoms with Crippen LogP contribution in [0.3, 0.4) is 0 Å². The minimum Gasteiger partial charge on any atom is -0.394 e. The van der Waals surface area contributed by atoms with Crippen LogP contribution in [0.2, 0.25) is 0 Å². The van der Waals surface area contributed by atoms with E-state index in [9.17, 15) is 4.79 Å². The molecule has 0 bridgehead atoms. The van der Waals surface area contributed by atoms with Gasteiger partial charge in [0.25, 0.3) is 0 Å². The van der Waals surface area contributed by atoms with Gasteiger partial charge in [0.15, 0.2) is 0 Å². The van der Waals surface area contributed by atoms with Gasteiger partial charge in [-0.2, -0.15) is 0 Å². The molecular weight excluding hydrogens is 336 g/mol. The van der Waals surface area contributed by atoms with Gasteiger partial charge in [0, 0.05) is 22.7 Å². The van der Waals surface area contributed by atoms with Crippen molar-refractivity contribution in [2.45, 2.75) is 26.0 Å². The SMILES string of the molecule is Cc1cc(NC(=O)CN2CC(CO)OCC2C)ccc1Br. The normalized spacial score (nSPS) is 23.0. The standard InChI is InChI=1S/C15H21BrN2O3/c1-10-5-12(3-4-14(10)16)17-15(20)7-18-6-13(8-19)21-9-11(18)2/h3-5,11,13,19H,6-9H2,1-2H3,(H,17,20). The molecule has 1 aromatic rings. The van der Waals surface area contributed by atoms with Gasteiger partial charge >= 0.3 is 0 Å². The largest absolute Gasteiger partial charge is 0.394 e. The van der Waals surface area contributed by atoms with E-state index in [0.29, 0.717) is 19.7 Å². The van der Waals surface area contributed by atoms with Gasteiger partial charge in [-0.3, -0.25) is 9.69 Å². The molecule has 21 heavy (non-hydrogen) atoms. The minimum atomic E-state index is -0.205. The Bertz CT molecular complexity index is 510. The number of nitrogens with zero attached hydrogens (tertiary/aromatic N) is 1. The molecule has 0 saturated carbocycles.